The lowest BCUT2D eigenvalue weighted by atomic mass is 9.95. The highest BCUT2D eigenvalue weighted by atomic mass is 32.2. The molecule has 0 amide bonds. The first-order valence-electron chi connectivity index (χ1n) is 7.04. The molecule has 0 rings (SSSR count). The van der Waals surface area contributed by atoms with E-state index in [0.29, 0.717) is 6.61 Å². The average Bonchev–Trinajstić information content (AvgIpc) is 2.37. The Labute approximate surface area is 116 Å². The van der Waals surface area contributed by atoms with E-state index in [0.717, 1.165) is 12.8 Å². The van der Waals surface area contributed by atoms with Crippen LogP contribution < -0.4 is 5.32 Å². The Hall–Kier alpha value is -0.220. The molecule has 1 atom stereocenters. The monoisotopic (exact) mass is 275 g/mol. The van der Waals surface area contributed by atoms with Crippen molar-refractivity contribution < 1.29 is 9.53 Å². The fourth-order valence-corrected chi connectivity index (χ4v) is 2.76. The largest absolute Gasteiger partial charge is 0.465 e. The normalized spacial score (nSPS) is 14.2. The first-order valence-corrected chi connectivity index (χ1v) is 8.20. The lowest BCUT2D eigenvalue weighted by molar-refractivity contribution is -0.150. The highest BCUT2D eigenvalue weighted by Crippen LogP contribution is 2.17. The van der Waals surface area contributed by atoms with Gasteiger partial charge in [-0.05, 0) is 51.7 Å². The predicted octanol–water partition coefficient (Wildman–Crippen LogP) is 3.23. The Kier molecular flexibility index (Phi) is 10.5. The highest BCUT2D eigenvalue weighted by molar-refractivity contribution is 7.99. The zero-order valence-corrected chi connectivity index (χ0v) is 13.2. The second kappa shape index (κ2) is 10.7. The van der Waals surface area contributed by atoms with Gasteiger partial charge in [-0.25, -0.2) is 0 Å². The van der Waals surface area contributed by atoms with Crippen molar-refractivity contribution in [3.63, 3.8) is 0 Å². The first-order chi connectivity index (χ1) is 8.60. The minimum atomic E-state index is -0.524. The van der Waals surface area contributed by atoms with Crippen molar-refractivity contribution >= 4 is 17.7 Å². The summed E-state index contributed by atoms with van der Waals surface area (Å²) in [5, 5.41) is 3.09. The van der Waals surface area contributed by atoms with Gasteiger partial charge in [0.2, 0.25) is 0 Å². The third kappa shape index (κ3) is 7.27. The van der Waals surface area contributed by atoms with Crippen molar-refractivity contribution in [2.45, 2.75) is 58.4 Å². The van der Waals surface area contributed by atoms with E-state index in [1.165, 1.54) is 30.8 Å². The van der Waals surface area contributed by atoms with Crippen LogP contribution in [0.1, 0.15) is 52.9 Å². The zero-order valence-electron chi connectivity index (χ0n) is 12.4. The molecular weight excluding hydrogens is 246 g/mol. The van der Waals surface area contributed by atoms with Crippen molar-refractivity contribution in [2.24, 2.45) is 0 Å². The number of unbranched alkanes of at least 4 members (excludes halogenated alkanes) is 2. The van der Waals surface area contributed by atoms with Crippen LogP contribution in [0.2, 0.25) is 0 Å². The number of thioether (sulfide) groups is 1. The fourth-order valence-electron chi connectivity index (χ4n) is 1.65. The van der Waals surface area contributed by atoms with E-state index < -0.39 is 5.54 Å². The molecule has 108 valence electrons. The molecule has 0 bridgehead atoms. The van der Waals surface area contributed by atoms with Gasteiger partial charge in [-0.1, -0.05) is 19.8 Å². The average molecular weight is 275 g/mol. The molecule has 0 aliphatic rings. The van der Waals surface area contributed by atoms with Crippen molar-refractivity contribution in [1.29, 1.82) is 0 Å². The number of hydrogen-bond acceptors (Lipinski definition) is 4. The summed E-state index contributed by atoms with van der Waals surface area (Å²) >= 11 is 2.02. The summed E-state index contributed by atoms with van der Waals surface area (Å²) in [7, 11) is 1.83. The first kappa shape index (κ1) is 17.8. The minimum Gasteiger partial charge on any atom is -0.465 e. The van der Waals surface area contributed by atoms with E-state index in [-0.39, 0.29) is 5.97 Å². The Bertz CT molecular complexity index is 224. The summed E-state index contributed by atoms with van der Waals surface area (Å²) in [6.45, 7) is 6.44. The second-order valence-corrected chi connectivity index (χ2v) is 5.95. The number of hydrogen-bond donors (Lipinski definition) is 1. The summed E-state index contributed by atoms with van der Waals surface area (Å²) in [6.07, 6.45) is 5.66. The van der Waals surface area contributed by atoms with Gasteiger partial charge in [0.1, 0.15) is 5.54 Å². The Morgan fingerprint density at radius 3 is 2.44 bits per heavy atom. The number of nitrogens with one attached hydrogen (secondary N) is 1. The summed E-state index contributed by atoms with van der Waals surface area (Å²) < 4.78 is 5.10. The van der Waals surface area contributed by atoms with Crippen LogP contribution in [0.3, 0.4) is 0 Å². The standard InChI is InChI=1S/C14H29NO2S/c1-5-7-11-18-12-9-8-10-14(3,15-4)13(16)17-6-2/h15H,5-12H2,1-4H3. The number of rotatable bonds is 11. The van der Waals surface area contributed by atoms with Gasteiger partial charge < -0.3 is 10.1 Å². The maximum absolute atomic E-state index is 11.8. The molecule has 0 saturated heterocycles. The SMILES string of the molecule is CCCCSCCCCC(C)(NC)C(=O)OCC. The third-order valence-corrected chi connectivity index (χ3v) is 4.29. The molecule has 0 aromatic rings. The van der Waals surface area contributed by atoms with Gasteiger partial charge in [-0.3, -0.25) is 4.79 Å². The van der Waals surface area contributed by atoms with Gasteiger partial charge in [-0.15, -0.1) is 0 Å². The van der Waals surface area contributed by atoms with E-state index in [1.54, 1.807) is 0 Å². The quantitative estimate of drug-likeness (QED) is 0.464. The Morgan fingerprint density at radius 1 is 1.22 bits per heavy atom. The molecule has 0 fully saturated rings. The van der Waals surface area contributed by atoms with Crippen molar-refractivity contribution in [1.82, 2.24) is 5.32 Å². The minimum absolute atomic E-state index is 0.133. The molecule has 4 heteroatoms. The number of carbonyl (C=O) groups excluding carboxylic acids is 1. The zero-order chi connectivity index (χ0) is 13.9. The van der Waals surface area contributed by atoms with Crippen LogP contribution in [0.25, 0.3) is 0 Å². The molecule has 0 aliphatic heterocycles. The van der Waals surface area contributed by atoms with Crippen LogP contribution in [0.15, 0.2) is 0 Å². The molecule has 0 aliphatic carbocycles. The third-order valence-electron chi connectivity index (χ3n) is 3.14. The lowest BCUT2D eigenvalue weighted by Crippen LogP contribution is -2.48. The van der Waals surface area contributed by atoms with Crippen LogP contribution in [0.4, 0.5) is 0 Å². The summed E-state index contributed by atoms with van der Waals surface area (Å²) in [4.78, 5) is 11.8. The molecule has 1 unspecified atom stereocenters. The van der Waals surface area contributed by atoms with Crippen molar-refractivity contribution in [3.05, 3.63) is 0 Å². The van der Waals surface area contributed by atoms with Gasteiger partial charge in [-0.2, -0.15) is 11.8 Å². The summed E-state index contributed by atoms with van der Waals surface area (Å²) in [5.74, 6) is 2.33. The van der Waals surface area contributed by atoms with Gasteiger partial charge in [0.25, 0.3) is 0 Å². The van der Waals surface area contributed by atoms with Crippen molar-refractivity contribution in [2.75, 3.05) is 25.2 Å². The topological polar surface area (TPSA) is 38.3 Å². The van der Waals surface area contributed by atoms with Crippen LogP contribution in [-0.2, 0) is 9.53 Å². The van der Waals surface area contributed by atoms with Gasteiger partial charge >= 0.3 is 5.97 Å². The smallest absolute Gasteiger partial charge is 0.326 e. The van der Waals surface area contributed by atoms with Crippen LogP contribution in [0.5, 0.6) is 0 Å². The Morgan fingerprint density at radius 2 is 1.89 bits per heavy atom. The van der Waals surface area contributed by atoms with Crippen LogP contribution >= 0.6 is 11.8 Å². The van der Waals surface area contributed by atoms with Gasteiger partial charge in [0.15, 0.2) is 0 Å². The van der Waals surface area contributed by atoms with Gasteiger partial charge in [0, 0.05) is 0 Å². The predicted molar refractivity (Wildman–Crippen MR) is 80.2 cm³/mol. The lowest BCUT2D eigenvalue weighted by Gasteiger charge is -2.26. The Balaban J connectivity index is 3.76. The number of ether oxygens (including phenoxy) is 1. The van der Waals surface area contributed by atoms with E-state index in [4.69, 9.17) is 4.74 Å². The van der Waals surface area contributed by atoms with Gasteiger partial charge in [0.05, 0.1) is 6.61 Å². The maximum atomic E-state index is 11.8. The van der Waals surface area contributed by atoms with Crippen molar-refractivity contribution in [3.8, 4) is 0 Å². The highest BCUT2D eigenvalue weighted by Gasteiger charge is 2.31. The number of esters is 1. The summed E-state index contributed by atoms with van der Waals surface area (Å²) in [6, 6.07) is 0. The molecule has 0 aromatic heterocycles. The molecule has 0 saturated carbocycles. The fraction of sp³-hybridized carbons (Fsp3) is 0.929. The molecular formula is C14H29NO2S. The summed E-state index contributed by atoms with van der Waals surface area (Å²) in [5.41, 5.74) is -0.524. The van der Waals surface area contributed by atoms with E-state index in [2.05, 4.69) is 12.2 Å². The molecule has 0 aromatic carbocycles. The molecule has 3 nitrogen and oxygen atoms in total. The molecule has 0 spiro atoms. The molecule has 0 heterocycles. The number of likely N-dealkylation sites (N-methyl/N-ethyl adjacent to an activating group) is 1. The number of carbonyl (C=O) groups is 1. The van der Waals surface area contributed by atoms with Crippen LogP contribution in [0, 0.1) is 0 Å². The molecule has 18 heavy (non-hydrogen) atoms. The van der Waals surface area contributed by atoms with E-state index in [1.807, 2.05) is 32.7 Å². The second-order valence-electron chi connectivity index (χ2n) is 4.73. The molecule has 1 N–H and O–H groups in total. The molecule has 0 radical (unpaired) electrons. The van der Waals surface area contributed by atoms with E-state index >= 15 is 0 Å². The maximum Gasteiger partial charge on any atom is 0.326 e. The van der Waals surface area contributed by atoms with Crippen LogP contribution in [-0.4, -0.2) is 36.7 Å². The van der Waals surface area contributed by atoms with E-state index in [9.17, 15) is 4.79 Å².